The summed E-state index contributed by atoms with van der Waals surface area (Å²) in [5.74, 6) is -0.0983. The van der Waals surface area contributed by atoms with Crippen molar-refractivity contribution in [2.45, 2.75) is 6.92 Å². The number of hydrogen-bond donors (Lipinski definition) is 0. The summed E-state index contributed by atoms with van der Waals surface area (Å²) in [7, 11) is 0. The average molecular weight is 517 g/mol. The number of amides is 1. The summed E-state index contributed by atoms with van der Waals surface area (Å²) in [5.41, 5.74) is 3.40. The lowest BCUT2D eigenvalue weighted by Gasteiger charge is -2.09. The second kappa shape index (κ2) is 6.62. The Kier molecular flexibility index (Phi) is 4.61. The molecule has 1 aliphatic rings. The fraction of sp³-hybridized carbons (Fsp3) is 0.143. The van der Waals surface area contributed by atoms with Crippen LogP contribution in [-0.2, 0) is 4.79 Å². The van der Waals surface area contributed by atoms with Crippen LogP contribution in [0.1, 0.15) is 12.6 Å². The van der Waals surface area contributed by atoms with E-state index in [1.54, 1.807) is 17.2 Å². The Hall–Kier alpha value is -1.01. The van der Waals surface area contributed by atoms with Crippen molar-refractivity contribution in [1.82, 2.24) is 23.6 Å². The smallest absolute Gasteiger partial charge is 0.266 e. The molecule has 6 nitrogen and oxygen atoms in total. The third-order valence-corrected chi connectivity index (χ3v) is 6.99. The van der Waals surface area contributed by atoms with Gasteiger partial charge in [0.1, 0.15) is 26.4 Å². The molecule has 0 bridgehead atoms. The van der Waals surface area contributed by atoms with Crippen molar-refractivity contribution in [2.24, 2.45) is 0 Å². The fourth-order valence-corrected chi connectivity index (χ4v) is 5.68. The Bertz CT molecular complexity index is 1100. The third kappa shape index (κ3) is 2.81. The molecule has 1 amide bonds. The molecule has 25 heavy (non-hydrogen) atoms. The van der Waals surface area contributed by atoms with E-state index in [1.807, 2.05) is 6.92 Å². The molecule has 1 fully saturated rings. The van der Waals surface area contributed by atoms with E-state index in [-0.39, 0.29) is 5.91 Å². The minimum Gasteiger partial charge on any atom is -0.293 e. The first-order valence-corrected chi connectivity index (χ1v) is 10.6. The van der Waals surface area contributed by atoms with Crippen molar-refractivity contribution in [3.63, 3.8) is 0 Å². The van der Waals surface area contributed by atoms with Crippen LogP contribution < -0.4 is 0 Å². The van der Waals surface area contributed by atoms with Crippen LogP contribution in [0.3, 0.4) is 0 Å². The van der Waals surface area contributed by atoms with Gasteiger partial charge in [0.25, 0.3) is 5.91 Å². The Morgan fingerprint density at radius 1 is 1.20 bits per heavy atom. The van der Waals surface area contributed by atoms with Crippen LogP contribution in [0.5, 0.6) is 0 Å². The molecule has 2 aromatic heterocycles. The number of carbonyl (C=O) groups excluding carboxylic acids is 1. The van der Waals surface area contributed by atoms with E-state index in [4.69, 9.17) is 12.2 Å². The van der Waals surface area contributed by atoms with Crippen LogP contribution in [0.2, 0.25) is 0 Å². The van der Waals surface area contributed by atoms with E-state index in [0.29, 0.717) is 32.5 Å². The molecule has 0 radical (unpaired) electrons. The zero-order valence-corrected chi connectivity index (χ0v) is 18.1. The first kappa shape index (κ1) is 17.4. The number of nitrogens with zero attached hydrogens (tertiary/aromatic N) is 5. The lowest BCUT2D eigenvalue weighted by atomic mass is 10.2. The molecular weight excluding hydrogens is 510 g/mol. The summed E-state index contributed by atoms with van der Waals surface area (Å²) in [4.78, 5) is 23.6. The minimum atomic E-state index is -0.0983. The second-order valence-corrected chi connectivity index (χ2v) is 8.80. The van der Waals surface area contributed by atoms with Crippen LogP contribution in [0, 0.1) is 0 Å². The number of benzene rings is 1. The number of fused-ring (bicyclic) bond motifs is 2. The lowest BCUT2D eigenvalue weighted by molar-refractivity contribution is -0.121. The molecule has 0 N–H and O–H groups in total. The number of aromatic nitrogens is 4. The number of thiocarbonyl (C=S) groups is 1. The molecule has 4 rings (SSSR count). The summed E-state index contributed by atoms with van der Waals surface area (Å²) in [6.45, 7) is 2.45. The highest BCUT2D eigenvalue weighted by Crippen LogP contribution is 2.37. The number of carbonyl (C=O) groups is 1. The minimum absolute atomic E-state index is 0.0983. The lowest BCUT2D eigenvalue weighted by Crippen LogP contribution is -2.27. The van der Waals surface area contributed by atoms with Gasteiger partial charge in [0.15, 0.2) is 0 Å². The summed E-state index contributed by atoms with van der Waals surface area (Å²) in [6.07, 6.45) is 3.34. The van der Waals surface area contributed by atoms with Gasteiger partial charge in [-0.05, 0) is 44.9 Å². The molecule has 0 spiro atoms. The molecule has 126 valence electrons. The van der Waals surface area contributed by atoms with Gasteiger partial charge in [0.05, 0.1) is 37.5 Å². The van der Waals surface area contributed by atoms with Crippen molar-refractivity contribution in [1.29, 1.82) is 0 Å². The number of rotatable bonds is 2. The van der Waals surface area contributed by atoms with Crippen LogP contribution in [0.4, 0.5) is 0 Å². The van der Waals surface area contributed by atoms with Crippen LogP contribution >= 0.6 is 67.6 Å². The molecule has 11 heteroatoms. The number of thioether (sulfide) groups is 1. The standard InChI is InChI=1S/C14H7Br2N5OS3/c1-2-21-13(22)6(24-14(21)23)3-5-4-17-9-7(15)11-12(20-25-19-11)8(16)10(9)18-5/h3-4H,2H2,1H3/b6-3-. The molecule has 1 saturated heterocycles. The normalized spacial score (nSPS) is 16.8. The Labute approximate surface area is 172 Å². The van der Waals surface area contributed by atoms with E-state index in [2.05, 4.69) is 50.6 Å². The van der Waals surface area contributed by atoms with Gasteiger partial charge in [0.2, 0.25) is 0 Å². The van der Waals surface area contributed by atoms with Crippen molar-refractivity contribution < 1.29 is 4.79 Å². The van der Waals surface area contributed by atoms with E-state index < -0.39 is 0 Å². The van der Waals surface area contributed by atoms with Crippen molar-refractivity contribution >= 4 is 106 Å². The third-order valence-electron chi connectivity index (χ3n) is 3.58. The zero-order valence-electron chi connectivity index (χ0n) is 12.5. The quantitative estimate of drug-likeness (QED) is 0.369. The van der Waals surface area contributed by atoms with Gasteiger partial charge in [-0.2, -0.15) is 8.75 Å². The first-order chi connectivity index (χ1) is 12.0. The Balaban J connectivity index is 1.86. The van der Waals surface area contributed by atoms with Crippen LogP contribution in [0.15, 0.2) is 20.0 Å². The van der Waals surface area contributed by atoms with Gasteiger partial charge in [-0.1, -0.05) is 24.0 Å². The first-order valence-electron chi connectivity index (χ1n) is 7.02. The predicted octanol–water partition coefficient (Wildman–Crippen LogP) is 4.38. The van der Waals surface area contributed by atoms with Crippen molar-refractivity contribution in [3.8, 4) is 0 Å². The summed E-state index contributed by atoms with van der Waals surface area (Å²) in [5, 5.41) is 0. The van der Waals surface area contributed by atoms with Gasteiger partial charge in [-0.15, -0.1) is 0 Å². The Morgan fingerprint density at radius 3 is 2.52 bits per heavy atom. The molecule has 1 aliphatic heterocycles. The molecule has 0 unspecified atom stereocenters. The highest BCUT2D eigenvalue weighted by molar-refractivity contribution is 9.11. The van der Waals surface area contributed by atoms with Crippen molar-refractivity contribution in [3.05, 3.63) is 25.7 Å². The van der Waals surface area contributed by atoms with Crippen LogP contribution in [0.25, 0.3) is 28.1 Å². The maximum absolute atomic E-state index is 12.3. The summed E-state index contributed by atoms with van der Waals surface area (Å²) in [6, 6.07) is 0. The molecule has 3 heterocycles. The second-order valence-electron chi connectivity index (χ2n) is 5.01. The maximum Gasteiger partial charge on any atom is 0.266 e. The van der Waals surface area contributed by atoms with E-state index in [1.165, 1.54) is 11.8 Å². The number of hydrogen-bond acceptors (Lipinski definition) is 8. The van der Waals surface area contributed by atoms with E-state index in [0.717, 1.165) is 31.7 Å². The Morgan fingerprint density at radius 2 is 1.88 bits per heavy atom. The highest BCUT2D eigenvalue weighted by atomic mass is 79.9. The summed E-state index contributed by atoms with van der Waals surface area (Å²) < 4.78 is 10.6. The monoisotopic (exact) mass is 515 g/mol. The van der Waals surface area contributed by atoms with E-state index >= 15 is 0 Å². The van der Waals surface area contributed by atoms with Crippen molar-refractivity contribution in [2.75, 3.05) is 6.54 Å². The van der Waals surface area contributed by atoms with Gasteiger partial charge in [-0.25, -0.2) is 4.98 Å². The predicted molar refractivity (Wildman–Crippen MR) is 111 cm³/mol. The fourth-order valence-electron chi connectivity index (χ4n) is 2.39. The number of likely N-dealkylation sites (N-methyl/N-ethyl adjacent to an activating group) is 1. The SMILES string of the molecule is CCN1C(=O)/C(=C/c2cnc3c(Br)c4nsnc4c(Br)c3n2)SC1=S. The molecule has 0 aliphatic carbocycles. The maximum atomic E-state index is 12.3. The molecular formula is C14H7Br2N5OS3. The molecule has 0 saturated carbocycles. The van der Waals surface area contributed by atoms with Gasteiger partial charge < -0.3 is 0 Å². The number of halogens is 2. The summed E-state index contributed by atoms with van der Waals surface area (Å²) >= 11 is 14.7. The van der Waals surface area contributed by atoms with Gasteiger partial charge in [-0.3, -0.25) is 14.7 Å². The molecule has 1 aromatic carbocycles. The topological polar surface area (TPSA) is 71.9 Å². The largest absolute Gasteiger partial charge is 0.293 e. The van der Waals surface area contributed by atoms with Gasteiger partial charge >= 0.3 is 0 Å². The van der Waals surface area contributed by atoms with Crippen LogP contribution in [-0.4, -0.2) is 40.4 Å². The highest BCUT2D eigenvalue weighted by Gasteiger charge is 2.30. The zero-order chi connectivity index (χ0) is 17.7. The molecule has 0 atom stereocenters. The van der Waals surface area contributed by atoms with Gasteiger partial charge in [0, 0.05) is 6.54 Å². The molecule has 3 aromatic rings. The average Bonchev–Trinajstić information content (AvgIpc) is 3.18. The van der Waals surface area contributed by atoms with E-state index in [9.17, 15) is 4.79 Å².